The molecule has 6 nitrogen and oxygen atoms in total. The monoisotopic (exact) mass is 464 g/mol. The number of amides is 2. The van der Waals surface area contributed by atoms with E-state index in [0.29, 0.717) is 34.2 Å². The van der Waals surface area contributed by atoms with E-state index < -0.39 is 0 Å². The molecule has 0 radical (unpaired) electrons. The van der Waals surface area contributed by atoms with Gasteiger partial charge in [-0.1, -0.05) is 48.0 Å². The zero-order chi connectivity index (χ0) is 22.5. The summed E-state index contributed by atoms with van der Waals surface area (Å²) in [5.41, 5.74) is 2.93. The van der Waals surface area contributed by atoms with E-state index in [1.807, 2.05) is 46.6 Å². The van der Waals surface area contributed by atoms with Crippen molar-refractivity contribution in [2.75, 3.05) is 12.4 Å². The van der Waals surface area contributed by atoms with Crippen molar-refractivity contribution in [1.82, 2.24) is 14.7 Å². The van der Waals surface area contributed by atoms with Gasteiger partial charge in [-0.2, -0.15) is 5.10 Å². The highest BCUT2D eigenvalue weighted by Crippen LogP contribution is 2.25. The Morgan fingerprint density at radius 3 is 2.66 bits per heavy atom. The number of benzene rings is 2. The molecule has 4 rings (SSSR count). The van der Waals surface area contributed by atoms with Gasteiger partial charge in [0.25, 0.3) is 11.8 Å². The summed E-state index contributed by atoms with van der Waals surface area (Å²) in [4.78, 5) is 27.5. The molecule has 162 valence electrons. The molecule has 0 spiro atoms. The van der Waals surface area contributed by atoms with Gasteiger partial charge in [-0.3, -0.25) is 14.3 Å². The van der Waals surface area contributed by atoms with Crippen LogP contribution in [-0.2, 0) is 13.1 Å². The average Bonchev–Trinajstić information content (AvgIpc) is 3.48. The number of halogens is 1. The van der Waals surface area contributed by atoms with Gasteiger partial charge in [0.1, 0.15) is 0 Å². The van der Waals surface area contributed by atoms with Crippen LogP contribution in [0.2, 0.25) is 5.02 Å². The molecular weight excluding hydrogens is 444 g/mol. The SMILES string of the molecule is CN(Cc1cnn(Cc2ccccc2)c1)C(=O)c1ccc(Cl)c(NC(=O)c2cccs2)c1. The van der Waals surface area contributed by atoms with Crippen LogP contribution in [-0.4, -0.2) is 33.5 Å². The summed E-state index contributed by atoms with van der Waals surface area (Å²) < 4.78 is 1.85. The quantitative estimate of drug-likeness (QED) is 0.410. The summed E-state index contributed by atoms with van der Waals surface area (Å²) >= 11 is 7.57. The second-order valence-corrected chi connectivity index (χ2v) is 8.67. The van der Waals surface area contributed by atoms with Crippen molar-refractivity contribution in [2.45, 2.75) is 13.1 Å². The van der Waals surface area contributed by atoms with Crippen LogP contribution in [0.3, 0.4) is 0 Å². The molecule has 1 N–H and O–H groups in total. The van der Waals surface area contributed by atoms with E-state index in [1.54, 1.807) is 48.5 Å². The minimum atomic E-state index is -0.259. The third-order valence-electron chi connectivity index (χ3n) is 4.85. The highest BCUT2D eigenvalue weighted by Gasteiger charge is 2.16. The number of hydrogen-bond acceptors (Lipinski definition) is 4. The van der Waals surface area contributed by atoms with Gasteiger partial charge in [-0.15, -0.1) is 11.3 Å². The number of carbonyl (C=O) groups is 2. The molecule has 2 aromatic carbocycles. The van der Waals surface area contributed by atoms with Gasteiger partial charge in [0, 0.05) is 30.9 Å². The molecule has 8 heteroatoms. The van der Waals surface area contributed by atoms with Gasteiger partial charge in [-0.05, 0) is 35.2 Å². The molecule has 0 unspecified atom stereocenters. The maximum atomic E-state index is 13.0. The van der Waals surface area contributed by atoms with Crippen LogP contribution in [0.25, 0.3) is 0 Å². The topological polar surface area (TPSA) is 67.2 Å². The summed E-state index contributed by atoms with van der Waals surface area (Å²) in [7, 11) is 1.73. The summed E-state index contributed by atoms with van der Waals surface area (Å²) in [6, 6.07) is 18.5. The van der Waals surface area contributed by atoms with Crippen LogP contribution in [0.5, 0.6) is 0 Å². The summed E-state index contributed by atoms with van der Waals surface area (Å²) in [6.45, 7) is 1.08. The molecule has 0 saturated heterocycles. The average molecular weight is 465 g/mol. The Labute approximate surface area is 195 Å². The fourth-order valence-corrected chi connectivity index (χ4v) is 4.04. The zero-order valence-electron chi connectivity index (χ0n) is 17.4. The van der Waals surface area contributed by atoms with E-state index in [4.69, 9.17) is 11.6 Å². The minimum Gasteiger partial charge on any atom is -0.337 e. The first-order chi connectivity index (χ1) is 15.5. The number of nitrogens with zero attached hydrogens (tertiary/aromatic N) is 3. The van der Waals surface area contributed by atoms with Crippen LogP contribution in [0, 0.1) is 0 Å². The van der Waals surface area contributed by atoms with E-state index in [1.165, 1.54) is 11.3 Å². The predicted molar refractivity (Wildman–Crippen MR) is 127 cm³/mol. The number of anilines is 1. The van der Waals surface area contributed by atoms with E-state index in [9.17, 15) is 9.59 Å². The summed E-state index contributed by atoms with van der Waals surface area (Å²) in [5, 5.41) is 9.37. The van der Waals surface area contributed by atoms with Crippen molar-refractivity contribution >= 4 is 40.4 Å². The second-order valence-electron chi connectivity index (χ2n) is 7.32. The molecule has 32 heavy (non-hydrogen) atoms. The Morgan fingerprint density at radius 2 is 1.91 bits per heavy atom. The lowest BCUT2D eigenvalue weighted by atomic mass is 10.1. The van der Waals surface area contributed by atoms with Gasteiger partial charge < -0.3 is 10.2 Å². The molecule has 0 aliphatic heterocycles. The lowest BCUT2D eigenvalue weighted by molar-refractivity contribution is 0.0784. The van der Waals surface area contributed by atoms with Gasteiger partial charge in [0.2, 0.25) is 0 Å². The minimum absolute atomic E-state index is 0.177. The van der Waals surface area contributed by atoms with Crippen molar-refractivity contribution in [3.63, 3.8) is 0 Å². The van der Waals surface area contributed by atoms with Crippen molar-refractivity contribution < 1.29 is 9.59 Å². The number of nitrogens with one attached hydrogen (secondary N) is 1. The van der Waals surface area contributed by atoms with Gasteiger partial charge in [-0.25, -0.2) is 0 Å². The fourth-order valence-electron chi connectivity index (χ4n) is 3.26. The largest absolute Gasteiger partial charge is 0.337 e. The maximum Gasteiger partial charge on any atom is 0.265 e. The molecule has 0 aliphatic carbocycles. The van der Waals surface area contributed by atoms with Crippen LogP contribution >= 0.6 is 22.9 Å². The summed E-state index contributed by atoms with van der Waals surface area (Å²) in [5.74, 6) is -0.435. The molecular formula is C24H21ClN4O2S. The maximum absolute atomic E-state index is 13.0. The van der Waals surface area contributed by atoms with E-state index >= 15 is 0 Å². The van der Waals surface area contributed by atoms with E-state index in [0.717, 1.165) is 11.1 Å². The third kappa shape index (κ3) is 5.25. The first kappa shape index (κ1) is 21.8. The Balaban J connectivity index is 1.42. The highest BCUT2D eigenvalue weighted by atomic mass is 35.5. The number of carbonyl (C=O) groups excluding carboxylic acids is 2. The third-order valence-corrected chi connectivity index (χ3v) is 6.05. The molecule has 0 atom stereocenters. The molecule has 0 fully saturated rings. The zero-order valence-corrected chi connectivity index (χ0v) is 18.9. The Hall–Kier alpha value is -3.42. The van der Waals surface area contributed by atoms with Crippen molar-refractivity contribution in [3.8, 4) is 0 Å². The molecule has 0 bridgehead atoms. The molecule has 2 heterocycles. The van der Waals surface area contributed by atoms with Crippen molar-refractivity contribution in [1.29, 1.82) is 0 Å². The number of thiophene rings is 1. The normalized spacial score (nSPS) is 10.7. The second kappa shape index (κ2) is 9.80. The van der Waals surface area contributed by atoms with Crippen LogP contribution < -0.4 is 5.32 Å². The van der Waals surface area contributed by atoms with Crippen LogP contribution in [0.1, 0.15) is 31.2 Å². The molecule has 0 aliphatic rings. The van der Waals surface area contributed by atoms with Crippen LogP contribution in [0.15, 0.2) is 78.4 Å². The summed E-state index contributed by atoms with van der Waals surface area (Å²) in [6.07, 6.45) is 3.70. The molecule has 0 saturated carbocycles. The first-order valence-corrected chi connectivity index (χ1v) is 11.2. The Kier molecular flexibility index (Phi) is 6.68. The van der Waals surface area contributed by atoms with Gasteiger partial charge in [0.15, 0.2) is 0 Å². The lowest BCUT2D eigenvalue weighted by Gasteiger charge is -2.17. The first-order valence-electron chi connectivity index (χ1n) is 9.95. The Morgan fingerprint density at radius 1 is 1.09 bits per heavy atom. The van der Waals surface area contributed by atoms with Gasteiger partial charge in [0.05, 0.1) is 28.3 Å². The number of rotatable bonds is 7. The van der Waals surface area contributed by atoms with Gasteiger partial charge >= 0.3 is 0 Å². The lowest BCUT2D eigenvalue weighted by Crippen LogP contribution is -2.26. The van der Waals surface area contributed by atoms with E-state index in [-0.39, 0.29) is 11.8 Å². The number of hydrogen-bond donors (Lipinski definition) is 1. The highest BCUT2D eigenvalue weighted by molar-refractivity contribution is 7.12. The van der Waals surface area contributed by atoms with Crippen molar-refractivity contribution in [3.05, 3.63) is 105 Å². The Bertz CT molecular complexity index is 1220. The standard InChI is InChI=1S/C24H21ClN4O2S/c1-28(14-18-13-26-29(16-18)15-17-6-3-2-4-7-17)24(31)19-9-10-20(25)21(12-19)27-23(30)22-8-5-11-32-22/h2-13,16H,14-15H2,1H3,(H,27,30). The fraction of sp³-hybridized carbons (Fsp3) is 0.125. The van der Waals surface area contributed by atoms with E-state index in [2.05, 4.69) is 10.4 Å². The molecule has 4 aromatic rings. The smallest absolute Gasteiger partial charge is 0.265 e. The van der Waals surface area contributed by atoms with Crippen LogP contribution in [0.4, 0.5) is 5.69 Å². The number of aromatic nitrogens is 2. The molecule has 2 amide bonds. The van der Waals surface area contributed by atoms with Crippen molar-refractivity contribution in [2.24, 2.45) is 0 Å². The molecule has 2 aromatic heterocycles. The predicted octanol–water partition coefficient (Wildman–Crippen LogP) is 5.17.